The number of rotatable bonds is 5. The summed E-state index contributed by atoms with van der Waals surface area (Å²) < 4.78 is 0. The third-order valence-corrected chi connectivity index (χ3v) is 2.25. The molecule has 0 unspecified atom stereocenters. The van der Waals surface area contributed by atoms with Crippen LogP contribution in [0.4, 0.5) is 0 Å². The predicted octanol–water partition coefficient (Wildman–Crippen LogP) is 1.27. The molecule has 0 radical (unpaired) electrons. The molecule has 0 saturated carbocycles. The normalized spacial score (nSPS) is 9.56. The number of nitrogens with zero attached hydrogens (tertiary/aromatic N) is 2. The molecule has 0 spiro atoms. The molecule has 1 heterocycles. The molecule has 0 bridgehead atoms. The van der Waals surface area contributed by atoms with Crippen LogP contribution in [0.2, 0.25) is 0 Å². The number of carbonyl (C=O) groups is 2. The van der Waals surface area contributed by atoms with Gasteiger partial charge in [0, 0.05) is 6.54 Å². The van der Waals surface area contributed by atoms with Gasteiger partial charge in [0.2, 0.25) is 0 Å². The van der Waals surface area contributed by atoms with Gasteiger partial charge in [0.1, 0.15) is 11.4 Å². The highest BCUT2D eigenvalue weighted by molar-refractivity contribution is 5.94. The molecule has 0 aliphatic rings. The molecule has 5 nitrogen and oxygen atoms in total. The standard InChI is InChI=1S/C13H14N2O3/c1-3-8-15(9-4-2)12(16)10-6-5-7-11(14-10)13(17)18/h1,5-7H,4,8-9H2,2H3,(H,17,18). The van der Waals surface area contributed by atoms with Crippen LogP contribution >= 0.6 is 0 Å². The van der Waals surface area contributed by atoms with E-state index in [9.17, 15) is 9.59 Å². The molecule has 5 heteroatoms. The van der Waals surface area contributed by atoms with Gasteiger partial charge in [-0.3, -0.25) is 4.79 Å². The van der Waals surface area contributed by atoms with E-state index in [2.05, 4.69) is 10.9 Å². The summed E-state index contributed by atoms with van der Waals surface area (Å²) >= 11 is 0. The molecule has 18 heavy (non-hydrogen) atoms. The molecule has 0 aromatic carbocycles. The van der Waals surface area contributed by atoms with Crippen LogP contribution in [0.5, 0.6) is 0 Å². The van der Waals surface area contributed by atoms with Crippen molar-refractivity contribution in [3.63, 3.8) is 0 Å². The van der Waals surface area contributed by atoms with Crippen molar-refractivity contribution in [1.82, 2.24) is 9.88 Å². The van der Waals surface area contributed by atoms with Crippen molar-refractivity contribution >= 4 is 11.9 Å². The number of pyridine rings is 1. The Bertz CT molecular complexity index is 491. The lowest BCUT2D eigenvalue weighted by Gasteiger charge is -2.18. The lowest BCUT2D eigenvalue weighted by Crippen LogP contribution is -2.33. The van der Waals surface area contributed by atoms with Crippen molar-refractivity contribution in [2.45, 2.75) is 13.3 Å². The molecular formula is C13H14N2O3. The SMILES string of the molecule is C#CCN(CCC)C(=O)c1cccc(C(=O)O)n1. The zero-order valence-electron chi connectivity index (χ0n) is 10.1. The van der Waals surface area contributed by atoms with Crippen LogP contribution in [0, 0.1) is 12.3 Å². The number of amides is 1. The van der Waals surface area contributed by atoms with E-state index in [1.807, 2.05) is 6.92 Å². The molecule has 1 aromatic heterocycles. The summed E-state index contributed by atoms with van der Waals surface area (Å²) in [6, 6.07) is 4.31. The number of aromatic carboxylic acids is 1. The highest BCUT2D eigenvalue weighted by Crippen LogP contribution is 2.05. The number of hydrogen-bond donors (Lipinski definition) is 1. The van der Waals surface area contributed by atoms with E-state index in [4.69, 9.17) is 11.5 Å². The average Bonchev–Trinajstić information content (AvgIpc) is 2.38. The molecular weight excluding hydrogens is 232 g/mol. The molecule has 1 amide bonds. The molecule has 0 fully saturated rings. The van der Waals surface area contributed by atoms with Crippen molar-refractivity contribution in [3.05, 3.63) is 29.6 Å². The van der Waals surface area contributed by atoms with E-state index in [1.54, 1.807) is 0 Å². The van der Waals surface area contributed by atoms with Crippen LogP contribution in [0.1, 0.15) is 34.3 Å². The van der Waals surface area contributed by atoms with Crippen molar-refractivity contribution in [2.75, 3.05) is 13.1 Å². The van der Waals surface area contributed by atoms with Gasteiger partial charge in [0.05, 0.1) is 6.54 Å². The first-order valence-electron chi connectivity index (χ1n) is 5.53. The van der Waals surface area contributed by atoms with Crippen molar-refractivity contribution in [3.8, 4) is 12.3 Å². The molecule has 1 rings (SSSR count). The molecule has 1 aromatic rings. The fourth-order valence-corrected chi connectivity index (χ4v) is 1.47. The van der Waals surface area contributed by atoms with Crippen LogP contribution in [0.3, 0.4) is 0 Å². The first-order chi connectivity index (χ1) is 8.60. The Morgan fingerprint density at radius 1 is 1.44 bits per heavy atom. The maximum Gasteiger partial charge on any atom is 0.354 e. The summed E-state index contributed by atoms with van der Waals surface area (Å²) in [5.41, 5.74) is -0.0587. The van der Waals surface area contributed by atoms with E-state index < -0.39 is 5.97 Å². The highest BCUT2D eigenvalue weighted by atomic mass is 16.4. The summed E-state index contributed by atoms with van der Waals surface area (Å²) in [5.74, 6) is 0.889. The summed E-state index contributed by atoms with van der Waals surface area (Å²) in [6.45, 7) is 2.63. The number of hydrogen-bond acceptors (Lipinski definition) is 3. The van der Waals surface area contributed by atoms with Crippen LogP contribution in [-0.2, 0) is 0 Å². The number of aromatic nitrogens is 1. The van der Waals surface area contributed by atoms with Crippen molar-refractivity contribution < 1.29 is 14.7 Å². The number of carbonyl (C=O) groups excluding carboxylic acids is 1. The molecule has 0 saturated heterocycles. The fraction of sp³-hybridized carbons (Fsp3) is 0.308. The van der Waals surface area contributed by atoms with Gasteiger partial charge in [0.25, 0.3) is 5.91 Å². The summed E-state index contributed by atoms with van der Waals surface area (Å²) in [6.07, 6.45) is 5.97. The molecule has 0 aliphatic carbocycles. The smallest absolute Gasteiger partial charge is 0.354 e. The monoisotopic (exact) mass is 246 g/mol. The first-order valence-corrected chi connectivity index (χ1v) is 5.53. The van der Waals surface area contributed by atoms with Gasteiger partial charge in [0.15, 0.2) is 0 Å². The Labute approximate surface area is 105 Å². The maximum absolute atomic E-state index is 12.1. The number of carboxylic acids is 1. The quantitative estimate of drug-likeness (QED) is 0.794. The second-order valence-corrected chi connectivity index (χ2v) is 3.64. The number of terminal acetylenes is 1. The van der Waals surface area contributed by atoms with Gasteiger partial charge in [-0.05, 0) is 18.6 Å². The van der Waals surface area contributed by atoms with Gasteiger partial charge in [-0.15, -0.1) is 6.42 Å². The summed E-state index contributed by atoms with van der Waals surface area (Å²) in [4.78, 5) is 28.1. The van der Waals surface area contributed by atoms with Crippen LogP contribution in [0.25, 0.3) is 0 Å². The zero-order chi connectivity index (χ0) is 13.5. The Morgan fingerprint density at radius 2 is 2.11 bits per heavy atom. The van der Waals surface area contributed by atoms with Crippen molar-refractivity contribution in [1.29, 1.82) is 0 Å². The average molecular weight is 246 g/mol. The van der Waals surface area contributed by atoms with Gasteiger partial charge < -0.3 is 10.0 Å². The Kier molecular flexibility index (Phi) is 4.88. The lowest BCUT2D eigenvalue weighted by molar-refractivity contribution is 0.0690. The van der Waals surface area contributed by atoms with Gasteiger partial charge >= 0.3 is 5.97 Å². The second kappa shape index (κ2) is 6.40. The van der Waals surface area contributed by atoms with E-state index in [-0.39, 0.29) is 23.8 Å². The van der Waals surface area contributed by atoms with Gasteiger partial charge in [-0.25, -0.2) is 9.78 Å². The van der Waals surface area contributed by atoms with Crippen LogP contribution in [0.15, 0.2) is 18.2 Å². The van der Waals surface area contributed by atoms with Gasteiger partial charge in [-0.2, -0.15) is 0 Å². The predicted molar refractivity (Wildman–Crippen MR) is 66.2 cm³/mol. The van der Waals surface area contributed by atoms with E-state index in [1.165, 1.54) is 23.1 Å². The fourth-order valence-electron chi connectivity index (χ4n) is 1.47. The Hall–Kier alpha value is -2.35. The molecule has 94 valence electrons. The summed E-state index contributed by atoms with van der Waals surface area (Å²) in [7, 11) is 0. The second-order valence-electron chi connectivity index (χ2n) is 3.64. The lowest BCUT2D eigenvalue weighted by atomic mass is 10.2. The van der Waals surface area contributed by atoms with Gasteiger partial charge in [-0.1, -0.05) is 18.9 Å². The Morgan fingerprint density at radius 3 is 2.67 bits per heavy atom. The largest absolute Gasteiger partial charge is 0.477 e. The maximum atomic E-state index is 12.1. The van der Waals surface area contributed by atoms with Crippen LogP contribution < -0.4 is 0 Å². The van der Waals surface area contributed by atoms with E-state index in [0.29, 0.717) is 6.54 Å². The molecule has 0 aliphatic heterocycles. The third kappa shape index (κ3) is 3.32. The molecule has 1 N–H and O–H groups in total. The zero-order valence-corrected chi connectivity index (χ0v) is 10.1. The minimum atomic E-state index is -1.16. The van der Waals surface area contributed by atoms with E-state index in [0.717, 1.165) is 6.42 Å². The minimum absolute atomic E-state index is 0.0959. The van der Waals surface area contributed by atoms with E-state index >= 15 is 0 Å². The van der Waals surface area contributed by atoms with Crippen LogP contribution in [-0.4, -0.2) is 40.0 Å². The third-order valence-electron chi connectivity index (χ3n) is 2.25. The topological polar surface area (TPSA) is 70.5 Å². The van der Waals surface area contributed by atoms with Crippen molar-refractivity contribution in [2.24, 2.45) is 0 Å². The summed E-state index contributed by atoms with van der Waals surface area (Å²) in [5, 5.41) is 8.82. The Balaban J connectivity index is 2.97. The molecule has 0 atom stereocenters. The number of carboxylic acid groups (broad SMARTS) is 1. The highest BCUT2D eigenvalue weighted by Gasteiger charge is 2.16. The minimum Gasteiger partial charge on any atom is -0.477 e. The first kappa shape index (κ1) is 13.7.